The Bertz CT molecular complexity index is 777. The van der Waals surface area contributed by atoms with E-state index in [1.54, 1.807) is 11.4 Å². The van der Waals surface area contributed by atoms with Crippen LogP contribution in [-0.4, -0.2) is 32.3 Å². The number of rotatable bonds is 5. The molecule has 9 heteroatoms. The molecule has 2 aromatic rings. The Morgan fingerprint density at radius 1 is 1.41 bits per heavy atom. The number of halogens is 2. The summed E-state index contributed by atoms with van der Waals surface area (Å²) < 4.78 is 44.2. The number of sulfonamides is 1. The number of nitrogens with zero attached hydrogens (tertiary/aromatic N) is 1. The average molecular weight is 408 g/mol. The quantitative estimate of drug-likeness (QED) is 0.564. The van der Waals surface area contributed by atoms with Crippen molar-refractivity contribution in [2.75, 3.05) is 13.6 Å². The van der Waals surface area contributed by atoms with Gasteiger partial charge in [-0.3, -0.25) is 4.79 Å². The van der Waals surface area contributed by atoms with Gasteiger partial charge in [0.1, 0.15) is 10.8 Å². The van der Waals surface area contributed by atoms with Crippen LogP contribution in [-0.2, 0) is 14.8 Å². The summed E-state index contributed by atoms with van der Waals surface area (Å²) in [6, 6.07) is 6.98. The Kier molecular flexibility index (Phi) is 5.32. The van der Waals surface area contributed by atoms with Crippen LogP contribution in [0.4, 0.5) is 4.39 Å². The minimum atomic E-state index is -3.75. The molecule has 0 atom stereocenters. The van der Waals surface area contributed by atoms with E-state index in [0.29, 0.717) is 4.47 Å². The molecule has 0 N–H and O–H groups in total. The van der Waals surface area contributed by atoms with Crippen LogP contribution in [0.5, 0.6) is 5.75 Å². The summed E-state index contributed by atoms with van der Waals surface area (Å²) in [5, 5.41) is 1.62. The number of carbonyl (C=O) groups is 1. The summed E-state index contributed by atoms with van der Waals surface area (Å²) in [6.45, 7) is -0.518. The van der Waals surface area contributed by atoms with E-state index in [1.807, 2.05) is 0 Å². The van der Waals surface area contributed by atoms with Crippen molar-refractivity contribution in [1.29, 1.82) is 0 Å². The van der Waals surface area contributed by atoms with Gasteiger partial charge in [-0.15, -0.1) is 11.3 Å². The van der Waals surface area contributed by atoms with Crippen LogP contribution < -0.4 is 4.74 Å². The number of esters is 1. The van der Waals surface area contributed by atoms with E-state index in [1.165, 1.54) is 25.2 Å². The third-order valence-electron chi connectivity index (χ3n) is 2.63. The van der Waals surface area contributed by atoms with Gasteiger partial charge in [0.25, 0.3) is 10.0 Å². The highest BCUT2D eigenvalue weighted by atomic mass is 79.9. The number of thiophene rings is 1. The molecule has 0 saturated carbocycles. The first-order valence-electron chi connectivity index (χ1n) is 5.96. The molecule has 0 amide bonds. The first kappa shape index (κ1) is 17.1. The predicted octanol–water partition coefficient (Wildman–Crippen LogP) is 2.88. The Balaban J connectivity index is 2.06. The van der Waals surface area contributed by atoms with Crippen LogP contribution in [0.3, 0.4) is 0 Å². The summed E-state index contributed by atoms with van der Waals surface area (Å²) in [7, 11) is -2.49. The average Bonchev–Trinajstić information content (AvgIpc) is 2.96. The van der Waals surface area contributed by atoms with Crippen molar-refractivity contribution >= 4 is 43.3 Å². The molecule has 1 aromatic carbocycles. The van der Waals surface area contributed by atoms with E-state index >= 15 is 0 Å². The molecule has 0 unspecified atom stereocenters. The minimum Gasteiger partial charge on any atom is -0.422 e. The largest absolute Gasteiger partial charge is 0.422 e. The second kappa shape index (κ2) is 6.86. The van der Waals surface area contributed by atoms with E-state index in [4.69, 9.17) is 4.74 Å². The Morgan fingerprint density at radius 3 is 2.73 bits per heavy atom. The predicted molar refractivity (Wildman–Crippen MR) is 83.9 cm³/mol. The van der Waals surface area contributed by atoms with E-state index in [0.717, 1.165) is 21.7 Å². The van der Waals surface area contributed by atoms with Crippen molar-refractivity contribution in [2.45, 2.75) is 4.21 Å². The fourth-order valence-electron chi connectivity index (χ4n) is 1.54. The standard InChI is InChI=1S/C13H11BrFNO4S2/c1-16(22(18,19)13-3-2-6-21-13)8-12(17)20-11-5-4-9(14)7-10(11)15/h2-7H,8H2,1H3. The second-order valence-electron chi connectivity index (χ2n) is 4.24. The Morgan fingerprint density at radius 2 is 2.14 bits per heavy atom. The van der Waals surface area contributed by atoms with E-state index in [2.05, 4.69) is 15.9 Å². The lowest BCUT2D eigenvalue weighted by Gasteiger charge is -2.15. The molecule has 0 aliphatic heterocycles. The first-order valence-corrected chi connectivity index (χ1v) is 9.07. The lowest BCUT2D eigenvalue weighted by molar-refractivity contribution is -0.134. The molecule has 2 rings (SSSR count). The summed E-state index contributed by atoms with van der Waals surface area (Å²) in [4.78, 5) is 11.8. The van der Waals surface area contributed by atoms with Crippen molar-refractivity contribution in [3.63, 3.8) is 0 Å². The van der Waals surface area contributed by atoms with Gasteiger partial charge in [0.2, 0.25) is 0 Å². The van der Waals surface area contributed by atoms with Gasteiger partial charge >= 0.3 is 5.97 Å². The molecule has 0 radical (unpaired) electrons. The van der Waals surface area contributed by atoms with Crippen molar-refractivity contribution in [3.8, 4) is 5.75 Å². The van der Waals surface area contributed by atoms with E-state index < -0.39 is 28.4 Å². The highest BCUT2D eigenvalue weighted by Gasteiger charge is 2.25. The molecular weight excluding hydrogens is 397 g/mol. The first-order chi connectivity index (χ1) is 10.3. The maximum atomic E-state index is 13.6. The van der Waals surface area contributed by atoms with Crippen LogP contribution in [0.2, 0.25) is 0 Å². The second-order valence-corrected chi connectivity index (χ2v) is 8.38. The van der Waals surface area contributed by atoms with Crippen molar-refractivity contribution in [2.24, 2.45) is 0 Å². The lowest BCUT2D eigenvalue weighted by Crippen LogP contribution is -2.33. The van der Waals surface area contributed by atoms with Gasteiger partial charge in [-0.25, -0.2) is 12.8 Å². The van der Waals surface area contributed by atoms with Crippen LogP contribution in [0, 0.1) is 5.82 Å². The maximum Gasteiger partial charge on any atom is 0.326 e. The van der Waals surface area contributed by atoms with E-state index in [-0.39, 0.29) is 9.96 Å². The summed E-state index contributed by atoms with van der Waals surface area (Å²) in [5.74, 6) is -1.84. The Hall–Kier alpha value is -1.29. The van der Waals surface area contributed by atoms with Crippen LogP contribution in [0.15, 0.2) is 44.4 Å². The molecule has 5 nitrogen and oxygen atoms in total. The lowest BCUT2D eigenvalue weighted by atomic mass is 10.3. The van der Waals surface area contributed by atoms with Crippen molar-refractivity contribution in [3.05, 3.63) is 46.0 Å². The number of benzene rings is 1. The monoisotopic (exact) mass is 407 g/mol. The smallest absolute Gasteiger partial charge is 0.326 e. The van der Waals surface area contributed by atoms with Crippen LogP contribution in [0.1, 0.15) is 0 Å². The van der Waals surface area contributed by atoms with Gasteiger partial charge in [-0.05, 0) is 29.6 Å². The molecule has 22 heavy (non-hydrogen) atoms. The van der Waals surface area contributed by atoms with Gasteiger partial charge in [0.15, 0.2) is 11.6 Å². The number of likely N-dealkylation sites (N-methyl/N-ethyl adjacent to an activating group) is 1. The molecule has 0 spiro atoms. The maximum absolute atomic E-state index is 13.6. The van der Waals surface area contributed by atoms with Crippen molar-refractivity contribution in [1.82, 2.24) is 4.31 Å². The molecule has 0 fully saturated rings. The fraction of sp³-hybridized carbons (Fsp3) is 0.154. The topological polar surface area (TPSA) is 63.7 Å². The summed E-state index contributed by atoms with van der Waals surface area (Å²) in [5.41, 5.74) is 0. The van der Waals surface area contributed by atoms with Gasteiger partial charge < -0.3 is 4.74 Å². The number of hydrogen-bond acceptors (Lipinski definition) is 5. The molecule has 0 aliphatic rings. The van der Waals surface area contributed by atoms with Crippen LogP contribution >= 0.6 is 27.3 Å². The van der Waals surface area contributed by atoms with Crippen molar-refractivity contribution < 1.29 is 22.3 Å². The third kappa shape index (κ3) is 3.92. The molecule has 0 aliphatic carbocycles. The molecular formula is C13H11BrFNO4S2. The Labute approximate surface area is 139 Å². The number of hydrogen-bond donors (Lipinski definition) is 0. The zero-order valence-corrected chi connectivity index (χ0v) is 14.5. The minimum absolute atomic E-state index is 0.123. The van der Waals surface area contributed by atoms with Crippen LogP contribution in [0.25, 0.3) is 0 Å². The highest BCUT2D eigenvalue weighted by molar-refractivity contribution is 9.10. The zero-order valence-electron chi connectivity index (χ0n) is 11.3. The summed E-state index contributed by atoms with van der Waals surface area (Å²) >= 11 is 4.13. The SMILES string of the molecule is CN(CC(=O)Oc1ccc(Br)cc1F)S(=O)(=O)c1cccs1. The zero-order chi connectivity index (χ0) is 16.3. The normalized spacial score (nSPS) is 11.6. The number of carbonyl (C=O) groups excluding carboxylic acids is 1. The molecule has 1 aromatic heterocycles. The van der Waals surface area contributed by atoms with Gasteiger partial charge in [0, 0.05) is 11.5 Å². The number of ether oxygens (including phenoxy) is 1. The van der Waals surface area contributed by atoms with Gasteiger partial charge in [-0.1, -0.05) is 22.0 Å². The molecule has 1 heterocycles. The molecule has 0 saturated heterocycles. The van der Waals surface area contributed by atoms with Gasteiger partial charge in [-0.2, -0.15) is 4.31 Å². The summed E-state index contributed by atoms with van der Waals surface area (Å²) in [6.07, 6.45) is 0. The fourth-order valence-corrected chi connectivity index (χ4v) is 4.19. The highest BCUT2D eigenvalue weighted by Crippen LogP contribution is 2.22. The van der Waals surface area contributed by atoms with Gasteiger partial charge in [0.05, 0.1) is 0 Å². The third-order valence-corrected chi connectivity index (χ3v) is 6.30. The molecule has 0 bridgehead atoms. The molecule has 118 valence electrons. The van der Waals surface area contributed by atoms with E-state index in [9.17, 15) is 17.6 Å².